The quantitative estimate of drug-likeness (QED) is 0.841. The van der Waals surface area contributed by atoms with Gasteiger partial charge in [0.2, 0.25) is 5.91 Å². The molecule has 1 atom stereocenters. The van der Waals surface area contributed by atoms with Crippen molar-refractivity contribution in [2.24, 2.45) is 0 Å². The molecule has 1 aliphatic rings. The fraction of sp³-hybridized carbons (Fsp3) is 0.500. The number of phenols is 1. The summed E-state index contributed by atoms with van der Waals surface area (Å²) in [4.78, 5) is 13.7. The van der Waals surface area contributed by atoms with E-state index in [0.717, 1.165) is 12.1 Å². The van der Waals surface area contributed by atoms with E-state index >= 15 is 0 Å². The third-order valence-corrected chi connectivity index (χ3v) is 3.24. The zero-order valence-electron chi connectivity index (χ0n) is 11.1. The topological polar surface area (TPSA) is 61.8 Å². The van der Waals surface area contributed by atoms with E-state index in [4.69, 9.17) is 4.74 Å². The number of amides is 1. The molecule has 1 heterocycles. The average Bonchev–Trinajstić information content (AvgIpc) is 2.42. The molecule has 0 aromatic heterocycles. The van der Waals surface area contributed by atoms with Gasteiger partial charge in [-0.05, 0) is 6.07 Å². The van der Waals surface area contributed by atoms with Gasteiger partial charge in [0.25, 0.3) is 0 Å². The van der Waals surface area contributed by atoms with Crippen molar-refractivity contribution in [1.29, 1.82) is 0 Å². The van der Waals surface area contributed by atoms with Gasteiger partial charge in [0, 0.05) is 38.2 Å². The zero-order valence-corrected chi connectivity index (χ0v) is 11.1. The average molecular weight is 264 g/mol. The summed E-state index contributed by atoms with van der Waals surface area (Å²) >= 11 is 0. The van der Waals surface area contributed by atoms with Crippen LogP contribution in [-0.4, -0.2) is 48.8 Å². The molecule has 1 fully saturated rings. The van der Waals surface area contributed by atoms with E-state index in [9.17, 15) is 9.90 Å². The minimum atomic E-state index is 0.0475. The lowest BCUT2D eigenvalue weighted by molar-refractivity contribution is -0.131. The van der Waals surface area contributed by atoms with E-state index in [1.807, 2.05) is 12.1 Å². The summed E-state index contributed by atoms with van der Waals surface area (Å²) < 4.78 is 5.33. The smallest absolute Gasteiger partial charge is 0.224 e. The minimum absolute atomic E-state index is 0.0475. The number of ether oxygens (including phenoxy) is 1. The summed E-state index contributed by atoms with van der Waals surface area (Å²) in [6.45, 7) is 2.49. The van der Waals surface area contributed by atoms with Gasteiger partial charge in [-0.3, -0.25) is 4.79 Å². The van der Waals surface area contributed by atoms with Crippen LogP contribution in [0.1, 0.15) is 12.0 Å². The second kappa shape index (κ2) is 6.54. The Kier molecular flexibility index (Phi) is 4.76. The maximum Gasteiger partial charge on any atom is 0.224 e. The summed E-state index contributed by atoms with van der Waals surface area (Å²) in [7, 11) is 1.75. The van der Waals surface area contributed by atoms with Crippen LogP contribution in [0.25, 0.3) is 0 Å². The first kappa shape index (κ1) is 13.8. The molecule has 1 unspecified atom stereocenters. The molecule has 1 saturated heterocycles. The van der Waals surface area contributed by atoms with Gasteiger partial charge in [-0.25, -0.2) is 0 Å². The third-order valence-electron chi connectivity index (χ3n) is 3.24. The van der Waals surface area contributed by atoms with Crippen LogP contribution in [0.4, 0.5) is 0 Å². The number of carbonyl (C=O) groups is 1. The molecular weight excluding hydrogens is 244 g/mol. The summed E-state index contributed by atoms with van der Waals surface area (Å²) in [6.07, 6.45) is 0.421. The summed E-state index contributed by atoms with van der Waals surface area (Å²) in [6, 6.07) is 7.16. The first-order chi connectivity index (χ1) is 9.16. The van der Waals surface area contributed by atoms with Crippen LogP contribution in [0.2, 0.25) is 0 Å². The van der Waals surface area contributed by atoms with Crippen molar-refractivity contribution in [2.75, 3.05) is 26.8 Å². The van der Waals surface area contributed by atoms with E-state index in [1.54, 1.807) is 24.1 Å². The predicted octanol–water partition coefficient (Wildman–Crippen LogP) is 0.729. The van der Waals surface area contributed by atoms with Gasteiger partial charge in [-0.15, -0.1) is 0 Å². The molecule has 0 saturated carbocycles. The van der Waals surface area contributed by atoms with Gasteiger partial charge in [0.05, 0.1) is 13.2 Å². The number of nitrogens with one attached hydrogen (secondary N) is 1. The largest absolute Gasteiger partial charge is 0.508 e. The second-order valence-electron chi connectivity index (χ2n) is 4.81. The number of carbonyl (C=O) groups excluding carboxylic acids is 1. The van der Waals surface area contributed by atoms with Gasteiger partial charge < -0.3 is 20.1 Å². The Morgan fingerprint density at radius 2 is 2.32 bits per heavy atom. The minimum Gasteiger partial charge on any atom is -0.508 e. The van der Waals surface area contributed by atoms with Crippen molar-refractivity contribution in [1.82, 2.24) is 10.2 Å². The highest BCUT2D eigenvalue weighted by atomic mass is 16.5. The molecule has 5 nitrogen and oxygen atoms in total. The maximum absolute atomic E-state index is 12.1. The standard InChI is InChI=1S/C14H20N2O3/c1-16(9-11-4-2-3-5-13(11)17)14(18)8-12-10-19-7-6-15-12/h2-5,12,15,17H,6-10H2,1H3. The van der Waals surface area contributed by atoms with Gasteiger partial charge in [0.1, 0.15) is 5.75 Å². The molecule has 104 valence electrons. The number of hydrogen-bond acceptors (Lipinski definition) is 4. The highest BCUT2D eigenvalue weighted by Gasteiger charge is 2.19. The van der Waals surface area contributed by atoms with Crippen molar-refractivity contribution in [3.05, 3.63) is 29.8 Å². The Balaban J connectivity index is 1.87. The number of nitrogens with zero attached hydrogens (tertiary/aromatic N) is 1. The number of benzene rings is 1. The molecule has 19 heavy (non-hydrogen) atoms. The fourth-order valence-corrected chi connectivity index (χ4v) is 2.11. The lowest BCUT2D eigenvalue weighted by atomic mass is 10.1. The van der Waals surface area contributed by atoms with Crippen LogP contribution < -0.4 is 5.32 Å². The maximum atomic E-state index is 12.1. The van der Waals surface area contributed by atoms with Crippen LogP contribution in [0.5, 0.6) is 5.75 Å². The molecule has 1 aromatic carbocycles. The fourth-order valence-electron chi connectivity index (χ4n) is 2.11. The molecule has 5 heteroatoms. The number of para-hydroxylation sites is 1. The Labute approximate surface area is 113 Å². The number of rotatable bonds is 4. The second-order valence-corrected chi connectivity index (χ2v) is 4.81. The first-order valence-electron chi connectivity index (χ1n) is 6.49. The SMILES string of the molecule is CN(Cc1ccccc1O)C(=O)CC1COCCN1. The Hall–Kier alpha value is -1.59. The zero-order chi connectivity index (χ0) is 13.7. The third kappa shape index (κ3) is 3.94. The number of hydrogen-bond donors (Lipinski definition) is 2. The van der Waals surface area contributed by atoms with E-state index < -0.39 is 0 Å². The van der Waals surface area contributed by atoms with Crippen LogP contribution in [-0.2, 0) is 16.1 Å². The monoisotopic (exact) mass is 264 g/mol. The van der Waals surface area contributed by atoms with Crippen LogP contribution in [0.3, 0.4) is 0 Å². The van der Waals surface area contributed by atoms with Crippen LogP contribution in [0, 0.1) is 0 Å². The predicted molar refractivity (Wildman–Crippen MR) is 71.8 cm³/mol. The molecule has 0 bridgehead atoms. The highest BCUT2D eigenvalue weighted by molar-refractivity contribution is 5.76. The van der Waals surface area contributed by atoms with Crippen molar-refractivity contribution < 1.29 is 14.6 Å². The molecule has 0 aliphatic carbocycles. The Morgan fingerprint density at radius 3 is 3.00 bits per heavy atom. The molecule has 2 N–H and O–H groups in total. The molecular formula is C14H20N2O3. The molecule has 1 amide bonds. The summed E-state index contributed by atoms with van der Waals surface area (Å²) in [5.74, 6) is 0.271. The molecule has 0 spiro atoms. The lowest BCUT2D eigenvalue weighted by Crippen LogP contribution is -2.44. The van der Waals surface area contributed by atoms with Crippen LogP contribution in [0.15, 0.2) is 24.3 Å². The Bertz CT molecular complexity index is 430. The van der Waals surface area contributed by atoms with Gasteiger partial charge >= 0.3 is 0 Å². The number of aromatic hydroxyl groups is 1. The van der Waals surface area contributed by atoms with Gasteiger partial charge in [-0.1, -0.05) is 18.2 Å². The molecule has 1 aliphatic heterocycles. The molecule has 1 aromatic rings. The normalized spacial score (nSPS) is 19.1. The van der Waals surface area contributed by atoms with Crippen molar-refractivity contribution in [3.8, 4) is 5.75 Å². The van der Waals surface area contributed by atoms with E-state index in [1.165, 1.54) is 0 Å². The number of morpholine rings is 1. The lowest BCUT2D eigenvalue weighted by Gasteiger charge is -2.25. The Morgan fingerprint density at radius 1 is 1.53 bits per heavy atom. The van der Waals surface area contributed by atoms with Crippen molar-refractivity contribution in [3.63, 3.8) is 0 Å². The van der Waals surface area contributed by atoms with Crippen molar-refractivity contribution >= 4 is 5.91 Å². The highest BCUT2D eigenvalue weighted by Crippen LogP contribution is 2.17. The molecule has 2 rings (SSSR count). The first-order valence-corrected chi connectivity index (χ1v) is 6.49. The summed E-state index contributed by atoms with van der Waals surface area (Å²) in [5.41, 5.74) is 0.756. The number of phenolic OH excluding ortho intramolecular Hbond substituents is 1. The van der Waals surface area contributed by atoms with Gasteiger partial charge in [-0.2, -0.15) is 0 Å². The van der Waals surface area contributed by atoms with Crippen LogP contribution >= 0.6 is 0 Å². The van der Waals surface area contributed by atoms with E-state index in [2.05, 4.69) is 5.32 Å². The van der Waals surface area contributed by atoms with E-state index in [-0.39, 0.29) is 17.7 Å². The van der Waals surface area contributed by atoms with Gasteiger partial charge in [0.15, 0.2) is 0 Å². The van der Waals surface area contributed by atoms with Crippen molar-refractivity contribution in [2.45, 2.75) is 19.0 Å². The van der Waals surface area contributed by atoms with E-state index in [0.29, 0.717) is 26.2 Å². The molecule has 0 radical (unpaired) electrons. The summed E-state index contributed by atoms with van der Waals surface area (Å²) in [5, 5.41) is 13.0.